The number of benzene rings is 2. The highest BCUT2D eigenvalue weighted by molar-refractivity contribution is 5.90. The fourth-order valence-electron chi connectivity index (χ4n) is 2.47. The Hall–Kier alpha value is -2.59. The van der Waals surface area contributed by atoms with Crippen molar-refractivity contribution in [1.29, 1.82) is 0 Å². The summed E-state index contributed by atoms with van der Waals surface area (Å²) in [5, 5.41) is 4.42. The van der Waals surface area contributed by atoms with Gasteiger partial charge in [0.15, 0.2) is 0 Å². The van der Waals surface area contributed by atoms with E-state index in [2.05, 4.69) is 23.3 Å². The first-order valence-electron chi connectivity index (χ1n) is 7.58. The number of aryl methyl sites for hydroxylation is 1. The van der Waals surface area contributed by atoms with Crippen LogP contribution in [0, 0.1) is 6.92 Å². The van der Waals surface area contributed by atoms with E-state index in [-0.39, 0.29) is 18.4 Å². The lowest BCUT2D eigenvalue weighted by molar-refractivity contribution is 0.0526. The van der Waals surface area contributed by atoms with Gasteiger partial charge in [-0.2, -0.15) is 0 Å². The number of hydrogen-bond acceptors (Lipinski definition) is 4. The van der Waals surface area contributed by atoms with Crippen molar-refractivity contribution in [2.45, 2.75) is 13.8 Å². The number of anilines is 2. The van der Waals surface area contributed by atoms with Crippen LogP contribution in [-0.4, -0.2) is 17.6 Å². The molecule has 0 atom stereocenters. The van der Waals surface area contributed by atoms with Gasteiger partial charge in [0.1, 0.15) is 5.82 Å². The molecule has 5 heteroatoms. The molecule has 124 valence electrons. The number of nitrogens with zero attached hydrogens (tertiary/aromatic N) is 1. The molecule has 0 bridgehead atoms. The molecule has 0 radical (unpaired) electrons. The van der Waals surface area contributed by atoms with Crippen LogP contribution in [0.15, 0.2) is 54.6 Å². The maximum Gasteiger partial charge on any atom is 0.338 e. The molecule has 3 aromatic rings. The molecule has 0 amide bonds. The minimum absolute atomic E-state index is 0. The molecule has 0 aliphatic rings. The first kappa shape index (κ1) is 17.8. The van der Waals surface area contributed by atoms with E-state index in [0.717, 1.165) is 22.4 Å². The van der Waals surface area contributed by atoms with Crippen molar-refractivity contribution in [3.05, 3.63) is 65.7 Å². The van der Waals surface area contributed by atoms with Crippen LogP contribution in [-0.2, 0) is 4.74 Å². The number of carbonyl (C=O) groups excluding carboxylic acids is 1. The number of fused-ring (bicyclic) bond motifs is 1. The molecule has 0 spiro atoms. The van der Waals surface area contributed by atoms with Crippen molar-refractivity contribution in [2.75, 3.05) is 11.9 Å². The number of carbonyl (C=O) groups is 1. The molecule has 3 rings (SSSR count). The Morgan fingerprint density at radius 3 is 2.54 bits per heavy atom. The summed E-state index contributed by atoms with van der Waals surface area (Å²) in [6.07, 6.45) is 0. The van der Waals surface area contributed by atoms with Gasteiger partial charge in [0.2, 0.25) is 0 Å². The number of halogens is 1. The number of para-hydroxylation sites is 1. The highest BCUT2D eigenvalue weighted by atomic mass is 35.5. The zero-order valence-corrected chi connectivity index (χ0v) is 14.4. The van der Waals surface area contributed by atoms with Gasteiger partial charge in [-0.05, 0) is 55.8 Å². The van der Waals surface area contributed by atoms with Gasteiger partial charge in [0.05, 0.1) is 17.7 Å². The van der Waals surface area contributed by atoms with Crippen LogP contribution >= 0.6 is 12.4 Å². The quantitative estimate of drug-likeness (QED) is 0.686. The Morgan fingerprint density at radius 2 is 1.83 bits per heavy atom. The van der Waals surface area contributed by atoms with Crippen LogP contribution < -0.4 is 5.32 Å². The number of nitrogens with one attached hydrogen (secondary N) is 1. The maximum absolute atomic E-state index is 11.7. The van der Waals surface area contributed by atoms with Crippen molar-refractivity contribution in [2.24, 2.45) is 0 Å². The fraction of sp³-hybridized carbons (Fsp3) is 0.158. The van der Waals surface area contributed by atoms with E-state index in [0.29, 0.717) is 12.2 Å². The van der Waals surface area contributed by atoms with Gasteiger partial charge in [0, 0.05) is 11.1 Å². The number of aromatic nitrogens is 1. The molecule has 0 aliphatic carbocycles. The summed E-state index contributed by atoms with van der Waals surface area (Å²) in [4.78, 5) is 16.3. The van der Waals surface area contributed by atoms with Crippen LogP contribution in [0.2, 0.25) is 0 Å². The van der Waals surface area contributed by atoms with Gasteiger partial charge in [-0.15, -0.1) is 12.4 Å². The molecule has 1 N–H and O–H groups in total. The summed E-state index contributed by atoms with van der Waals surface area (Å²) < 4.78 is 4.98. The van der Waals surface area contributed by atoms with Gasteiger partial charge in [-0.25, -0.2) is 9.78 Å². The lowest BCUT2D eigenvalue weighted by Gasteiger charge is -2.09. The van der Waals surface area contributed by atoms with Gasteiger partial charge in [-0.1, -0.05) is 18.2 Å². The average Bonchev–Trinajstić information content (AvgIpc) is 2.56. The second-order valence-corrected chi connectivity index (χ2v) is 5.26. The predicted octanol–water partition coefficient (Wildman–Crippen LogP) is 4.89. The van der Waals surface area contributed by atoms with Crippen molar-refractivity contribution in [1.82, 2.24) is 4.98 Å². The first-order valence-corrected chi connectivity index (χ1v) is 7.58. The molecule has 0 saturated carbocycles. The molecule has 1 aromatic heterocycles. The topological polar surface area (TPSA) is 51.2 Å². The zero-order valence-electron chi connectivity index (χ0n) is 13.6. The molecule has 1 heterocycles. The van der Waals surface area contributed by atoms with Crippen LogP contribution in [0.5, 0.6) is 0 Å². The molecular weight excluding hydrogens is 324 g/mol. The summed E-state index contributed by atoms with van der Waals surface area (Å²) in [7, 11) is 0. The number of esters is 1. The lowest BCUT2D eigenvalue weighted by atomic mass is 10.1. The summed E-state index contributed by atoms with van der Waals surface area (Å²) in [6, 6.07) is 17.2. The normalized spacial score (nSPS) is 10.1. The second-order valence-electron chi connectivity index (χ2n) is 5.26. The van der Waals surface area contributed by atoms with E-state index >= 15 is 0 Å². The summed E-state index contributed by atoms with van der Waals surface area (Å²) >= 11 is 0. The fourth-order valence-corrected chi connectivity index (χ4v) is 2.47. The van der Waals surface area contributed by atoms with Crippen LogP contribution in [0.1, 0.15) is 22.8 Å². The predicted molar refractivity (Wildman–Crippen MR) is 99.4 cm³/mol. The SMILES string of the molecule is CCOC(=O)c1ccc(Nc2cc(C)c3ccccc3n2)cc1.Cl. The van der Waals surface area contributed by atoms with Gasteiger partial charge >= 0.3 is 5.97 Å². The molecule has 0 unspecified atom stereocenters. The van der Waals surface area contributed by atoms with E-state index < -0.39 is 0 Å². The molecule has 4 nitrogen and oxygen atoms in total. The Kier molecular flexibility index (Phi) is 5.77. The van der Waals surface area contributed by atoms with Gasteiger partial charge in [-0.3, -0.25) is 0 Å². The maximum atomic E-state index is 11.7. The van der Waals surface area contributed by atoms with Crippen molar-refractivity contribution < 1.29 is 9.53 Å². The van der Waals surface area contributed by atoms with Crippen LogP contribution in [0.4, 0.5) is 11.5 Å². The van der Waals surface area contributed by atoms with Crippen molar-refractivity contribution in [3.8, 4) is 0 Å². The van der Waals surface area contributed by atoms with Gasteiger partial charge < -0.3 is 10.1 Å². The minimum atomic E-state index is -0.307. The minimum Gasteiger partial charge on any atom is -0.462 e. The third-order valence-corrected chi connectivity index (χ3v) is 3.59. The number of ether oxygens (including phenoxy) is 1. The standard InChI is InChI=1S/C19H18N2O2.ClH/c1-3-23-19(22)14-8-10-15(11-9-14)20-18-12-13(2)16-6-4-5-7-17(16)21-18;/h4-12H,3H2,1-2H3,(H,20,21);1H. The third kappa shape index (κ3) is 3.84. The van der Waals surface area contributed by atoms with Crippen molar-refractivity contribution in [3.63, 3.8) is 0 Å². The zero-order chi connectivity index (χ0) is 16.2. The smallest absolute Gasteiger partial charge is 0.338 e. The molecule has 24 heavy (non-hydrogen) atoms. The van der Waals surface area contributed by atoms with E-state index in [4.69, 9.17) is 4.74 Å². The highest BCUT2D eigenvalue weighted by Crippen LogP contribution is 2.22. The molecule has 0 saturated heterocycles. The first-order chi connectivity index (χ1) is 11.2. The average molecular weight is 343 g/mol. The van der Waals surface area contributed by atoms with Crippen LogP contribution in [0.25, 0.3) is 10.9 Å². The monoisotopic (exact) mass is 342 g/mol. The summed E-state index contributed by atoms with van der Waals surface area (Å²) in [5.41, 5.74) is 3.54. The van der Waals surface area contributed by atoms with Gasteiger partial charge in [0.25, 0.3) is 0 Å². The number of rotatable bonds is 4. The Bertz CT molecular complexity index is 848. The van der Waals surface area contributed by atoms with E-state index in [9.17, 15) is 4.79 Å². The largest absolute Gasteiger partial charge is 0.462 e. The van der Waals surface area contributed by atoms with E-state index in [1.807, 2.05) is 36.4 Å². The molecule has 0 aliphatic heterocycles. The number of hydrogen-bond donors (Lipinski definition) is 1. The third-order valence-electron chi connectivity index (χ3n) is 3.59. The van der Waals surface area contributed by atoms with E-state index in [1.54, 1.807) is 19.1 Å². The highest BCUT2D eigenvalue weighted by Gasteiger charge is 2.06. The second kappa shape index (κ2) is 7.79. The lowest BCUT2D eigenvalue weighted by Crippen LogP contribution is -2.04. The number of pyridine rings is 1. The van der Waals surface area contributed by atoms with Crippen molar-refractivity contribution >= 4 is 40.8 Å². The molecule has 2 aromatic carbocycles. The molecule has 0 fully saturated rings. The van der Waals surface area contributed by atoms with E-state index in [1.165, 1.54) is 5.56 Å². The summed E-state index contributed by atoms with van der Waals surface area (Å²) in [6.45, 7) is 4.24. The molecular formula is C19H19ClN2O2. The van der Waals surface area contributed by atoms with Crippen LogP contribution in [0.3, 0.4) is 0 Å². The Labute approximate surface area is 147 Å². The Balaban J connectivity index is 0.00000208. The Morgan fingerprint density at radius 1 is 1.12 bits per heavy atom. The summed E-state index contributed by atoms with van der Waals surface area (Å²) in [5.74, 6) is 0.476.